The number of carboxylic acids is 1. The predicted molar refractivity (Wildman–Crippen MR) is 65.4 cm³/mol. The first kappa shape index (κ1) is 13.5. The first-order valence-corrected chi connectivity index (χ1v) is 5.81. The summed E-state index contributed by atoms with van der Waals surface area (Å²) in [6.45, 7) is 4.37. The van der Waals surface area contributed by atoms with Crippen LogP contribution in [0, 0.1) is 11.8 Å². The van der Waals surface area contributed by atoms with Crippen molar-refractivity contribution in [3.05, 3.63) is 23.8 Å². The molecule has 0 aromatic heterocycles. The summed E-state index contributed by atoms with van der Waals surface area (Å²) < 4.78 is 0. The molecule has 0 saturated heterocycles. The minimum atomic E-state index is -0.892. The lowest BCUT2D eigenvalue weighted by atomic mass is 9.82. The van der Waals surface area contributed by atoms with E-state index in [1.54, 1.807) is 0 Å². The van der Waals surface area contributed by atoms with Crippen LogP contribution in [-0.2, 0) is 9.59 Å². The van der Waals surface area contributed by atoms with Crippen molar-refractivity contribution in [2.75, 3.05) is 6.54 Å². The van der Waals surface area contributed by atoms with Crippen molar-refractivity contribution in [1.82, 2.24) is 5.32 Å². The van der Waals surface area contributed by atoms with Crippen molar-refractivity contribution in [2.45, 2.75) is 26.7 Å². The van der Waals surface area contributed by atoms with Gasteiger partial charge in [0.2, 0.25) is 5.91 Å². The highest BCUT2D eigenvalue weighted by Gasteiger charge is 2.33. The highest BCUT2D eigenvalue weighted by Crippen LogP contribution is 2.25. The predicted octanol–water partition coefficient (Wildman–Crippen LogP) is 1.74. The Kier molecular flexibility index (Phi) is 4.94. The molecule has 0 heterocycles. The first-order chi connectivity index (χ1) is 8.02. The summed E-state index contributed by atoms with van der Waals surface area (Å²) in [4.78, 5) is 22.9. The Balaban J connectivity index is 2.57. The molecule has 1 amide bonds. The molecule has 0 radical (unpaired) electrons. The van der Waals surface area contributed by atoms with Crippen LogP contribution in [0.4, 0.5) is 0 Å². The summed E-state index contributed by atoms with van der Waals surface area (Å²) in [5, 5.41) is 11.8. The molecule has 0 aliphatic heterocycles. The Morgan fingerprint density at radius 1 is 1.29 bits per heavy atom. The van der Waals surface area contributed by atoms with Crippen molar-refractivity contribution in [3.8, 4) is 0 Å². The number of hydrogen-bond acceptors (Lipinski definition) is 2. The fourth-order valence-corrected chi connectivity index (χ4v) is 1.86. The molecule has 4 heteroatoms. The zero-order valence-corrected chi connectivity index (χ0v) is 10.3. The molecule has 0 bridgehead atoms. The minimum absolute atomic E-state index is 0.167. The summed E-state index contributed by atoms with van der Waals surface area (Å²) in [5.41, 5.74) is 1.13. The molecule has 2 N–H and O–H groups in total. The Bertz CT molecular complexity index is 354. The summed E-state index contributed by atoms with van der Waals surface area (Å²) >= 11 is 0. The second-order valence-electron chi connectivity index (χ2n) is 4.52. The fraction of sp³-hybridized carbons (Fsp3) is 0.538. The number of amides is 1. The van der Waals surface area contributed by atoms with Crippen LogP contribution < -0.4 is 5.32 Å². The van der Waals surface area contributed by atoms with Gasteiger partial charge in [0.15, 0.2) is 0 Å². The second kappa shape index (κ2) is 6.23. The number of hydrogen-bond donors (Lipinski definition) is 2. The third-order valence-electron chi connectivity index (χ3n) is 2.87. The van der Waals surface area contributed by atoms with E-state index in [2.05, 4.69) is 5.32 Å². The molecule has 0 aromatic rings. The van der Waals surface area contributed by atoms with E-state index >= 15 is 0 Å². The van der Waals surface area contributed by atoms with Crippen LogP contribution in [0.25, 0.3) is 0 Å². The lowest BCUT2D eigenvalue weighted by Gasteiger charge is -2.23. The van der Waals surface area contributed by atoms with E-state index in [1.165, 1.54) is 0 Å². The Morgan fingerprint density at radius 3 is 2.41 bits per heavy atom. The third-order valence-corrected chi connectivity index (χ3v) is 2.87. The van der Waals surface area contributed by atoms with Crippen LogP contribution in [0.5, 0.6) is 0 Å². The van der Waals surface area contributed by atoms with Gasteiger partial charge in [-0.3, -0.25) is 9.59 Å². The number of carbonyl (C=O) groups excluding carboxylic acids is 1. The maximum Gasteiger partial charge on any atom is 0.307 e. The van der Waals surface area contributed by atoms with Crippen LogP contribution in [-0.4, -0.2) is 23.5 Å². The number of nitrogens with one attached hydrogen (secondary N) is 1. The van der Waals surface area contributed by atoms with Crippen LogP contribution in [0.1, 0.15) is 26.7 Å². The average molecular weight is 237 g/mol. The smallest absolute Gasteiger partial charge is 0.307 e. The fourth-order valence-electron chi connectivity index (χ4n) is 1.86. The SMILES string of the molecule is CC(C)=CCNC(=O)C1CC=CCC1C(=O)O. The van der Waals surface area contributed by atoms with E-state index in [4.69, 9.17) is 5.11 Å². The van der Waals surface area contributed by atoms with Crippen molar-refractivity contribution >= 4 is 11.9 Å². The zero-order chi connectivity index (χ0) is 12.8. The monoisotopic (exact) mass is 237 g/mol. The van der Waals surface area contributed by atoms with E-state index in [0.29, 0.717) is 19.4 Å². The van der Waals surface area contributed by atoms with Gasteiger partial charge in [0.25, 0.3) is 0 Å². The van der Waals surface area contributed by atoms with Crippen molar-refractivity contribution in [1.29, 1.82) is 0 Å². The number of aliphatic carboxylic acids is 1. The minimum Gasteiger partial charge on any atom is -0.481 e. The number of rotatable bonds is 4. The molecule has 94 valence electrons. The summed E-state index contributed by atoms with van der Waals surface area (Å²) in [6, 6.07) is 0. The highest BCUT2D eigenvalue weighted by molar-refractivity contribution is 5.85. The van der Waals surface area contributed by atoms with Crippen molar-refractivity contribution in [3.63, 3.8) is 0 Å². The van der Waals surface area contributed by atoms with E-state index < -0.39 is 17.8 Å². The zero-order valence-electron chi connectivity index (χ0n) is 10.3. The largest absolute Gasteiger partial charge is 0.481 e. The topological polar surface area (TPSA) is 66.4 Å². The quantitative estimate of drug-likeness (QED) is 0.732. The number of carboxylic acid groups (broad SMARTS) is 1. The molecule has 1 aliphatic carbocycles. The van der Waals surface area contributed by atoms with E-state index in [9.17, 15) is 9.59 Å². The van der Waals surface area contributed by atoms with Crippen LogP contribution in [0.15, 0.2) is 23.8 Å². The molecule has 4 nitrogen and oxygen atoms in total. The van der Waals surface area contributed by atoms with Gasteiger partial charge in [0.1, 0.15) is 0 Å². The molecule has 0 fully saturated rings. The molecule has 0 saturated carbocycles. The van der Waals surface area contributed by atoms with Gasteiger partial charge in [0, 0.05) is 6.54 Å². The Labute approximate surface area is 101 Å². The molecular weight excluding hydrogens is 218 g/mol. The summed E-state index contributed by atoms with van der Waals surface area (Å²) in [6.07, 6.45) is 6.57. The standard InChI is InChI=1S/C13H19NO3/c1-9(2)7-8-14-12(15)10-5-3-4-6-11(10)13(16)17/h3-4,7,10-11H,5-6,8H2,1-2H3,(H,14,15)(H,16,17). The summed E-state index contributed by atoms with van der Waals surface area (Å²) in [5.74, 6) is -2.09. The van der Waals surface area contributed by atoms with Gasteiger partial charge in [-0.2, -0.15) is 0 Å². The van der Waals surface area contributed by atoms with Gasteiger partial charge in [0.05, 0.1) is 11.8 Å². The lowest BCUT2D eigenvalue weighted by molar-refractivity contribution is -0.147. The molecule has 2 unspecified atom stereocenters. The van der Waals surface area contributed by atoms with Crippen molar-refractivity contribution in [2.24, 2.45) is 11.8 Å². The van der Waals surface area contributed by atoms with E-state index in [0.717, 1.165) is 5.57 Å². The molecule has 2 atom stereocenters. The maximum atomic E-state index is 11.9. The van der Waals surface area contributed by atoms with Gasteiger partial charge in [-0.25, -0.2) is 0 Å². The molecular formula is C13H19NO3. The second-order valence-corrected chi connectivity index (χ2v) is 4.52. The number of allylic oxidation sites excluding steroid dienone is 3. The number of carbonyl (C=O) groups is 2. The van der Waals surface area contributed by atoms with Crippen LogP contribution >= 0.6 is 0 Å². The Hall–Kier alpha value is -1.58. The molecule has 17 heavy (non-hydrogen) atoms. The van der Waals surface area contributed by atoms with E-state index in [1.807, 2.05) is 32.1 Å². The summed E-state index contributed by atoms with van der Waals surface area (Å²) in [7, 11) is 0. The average Bonchev–Trinajstić information content (AvgIpc) is 2.28. The molecule has 0 aromatic carbocycles. The lowest BCUT2D eigenvalue weighted by Crippen LogP contribution is -2.38. The Morgan fingerprint density at radius 2 is 1.88 bits per heavy atom. The van der Waals surface area contributed by atoms with Gasteiger partial charge in [-0.15, -0.1) is 0 Å². The highest BCUT2D eigenvalue weighted by atomic mass is 16.4. The normalized spacial score (nSPS) is 22.9. The molecule has 1 rings (SSSR count). The maximum absolute atomic E-state index is 11.9. The van der Waals surface area contributed by atoms with Gasteiger partial charge in [-0.1, -0.05) is 23.8 Å². The molecule has 1 aliphatic rings. The first-order valence-electron chi connectivity index (χ1n) is 5.81. The third kappa shape index (κ3) is 4.06. The van der Waals surface area contributed by atoms with E-state index in [-0.39, 0.29) is 5.91 Å². The van der Waals surface area contributed by atoms with Gasteiger partial charge in [-0.05, 0) is 26.7 Å². The van der Waals surface area contributed by atoms with Crippen LogP contribution in [0.3, 0.4) is 0 Å². The van der Waals surface area contributed by atoms with Crippen molar-refractivity contribution < 1.29 is 14.7 Å². The van der Waals surface area contributed by atoms with Gasteiger partial charge >= 0.3 is 5.97 Å². The van der Waals surface area contributed by atoms with Crippen LogP contribution in [0.2, 0.25) is 0 Å². The molecule has 0 spiro atoms. The van der Waals surface area contributed by atoms with Gasteiger partial charge < -0.3 is 10.4 Å².